The Bertz CT molecular complexity index is 719. The first-order chi connectivity index (χ1) is 11.1. The van der Waals surface area contributed by atoms with E-state index >= 15 is 0 Å². The molecule has 1 aromatic carbocycles. The van der Waals surface area contributed by atoms with E-state index in [0.29, 0.717) is 22.8 Å². The number of benzene rings is 1. The molecule has 0 radical (unpaired) electrons. The van der Waals surface area contributed by atoms with Crippen molar-refractivity contribution in [3.63, 3.8) is 0 Å². The standard InChI is InChI=1S/C16H18FN3O2S/c1-22-14-5-3-9(7-12(14)17)13-8-23-16(19-13)20-15(21)10-2-4-11(18)6-10/h3,5,7-8,10-11H,2,4,6,18H2,1H3,(H,19,20,21). The number of carbonyl (C=O) groups excluding carboxylic acids is 1. The number of carbonyl (C=O) groups is 1. The molecule has 1 aromatic heterocycles. The number of nitrogens with two attached hydrogens (primary N) is 1. The molecule has 2 aromatic rings. The van der Waals surface area contributed by atoms with Crippen LogP contribution in [0.3, 0.4) is 0 Å². The van der Waals surface area contributed by atoms with Crippen LogP contribution in [0.5, 0.6) is 5.75 Å². The number of rotatable bonds is 4. The zero-order chi connectivity index (χ0) is 16.4. The highest BCUT2D eigenvalue weighted by atomic mass is 32.1. The highest BCUT2D eigenvalue weighted by Gasteiger charge is 2.28. The van der Waals surface area contributed by atoms with Crippen LogP contribution in [0.15, 0.2) is 23.6 Å². The summed E-state index contributed by atoms with van der Waals surface area (Å²) in [4.78, 5) is 16.5. The highest BCUT2D eigenvalue weighted by molar-refractivity contribution is 7.14. The Morgan fingerprint density at radius 3 is 2.96 bits per heavy atom. The van der Waals surface area contributed by atoms with Crippen molar-refractivity contribution >= 4 is 22.4 Å². The van der Waals surface area contributed by atoms with Crippen molar-refractivity contribution in [2.24, 2.45) is 11.7 Å². The fourth-order valence-electron chi connectivity index (χ4n) is 2.75. The summed E-state index contributed by atoms with van der Waals surface area (Å²) in [6, 6.07) is 4.77. The summed E-state index contributed by atoms with van der Waals surface area (Å²) >= 11 is 1.32. The van der Waals surface area contributed by atoms with Crippen LogP contribution in [0, 0.1) is 11.7 Å². The molecule has 0 bridgehead atoms. The molecule has 23 heavy (non-hydrogen) atoms. The van der Waals surface area contributed by atoms with E-state index in [-0.39, 0.29) is 23.6 Å². The van der Waals surface area contributed by atoms with Gasteiger partial charge in [-0.3, -0.25) is 4.79 Å². The van der Waals surface area contributed by atoms with Gasteiger partial charge in [-0.1, -0.05) is 0 Å². The Kier molecular flexibility index (Phi) is 4.58. The molecular weight excluding hydrogens is 317 g/mol. The van der Waals surface area contributed by atoms with Crippen molar-refractivity contribution < 1.29 is 13.9 Å². The van der Waals surface area contributed by atoms with Crippen LogP contribution in [-0.4, -0.2) is 24.0 Å². The molecule has 7 heteroatoms. The van der Waals surface area contributed by atoms with Crippen LogP contribution in [0.1, 0.15) is 19.3 Å². The van der Waals surface area contributed by atoms with Crippen molar-refractivity contribution in [1.29, 1.82) is 0 Å². The normalized spacial score (nSPS) is 20.5. The lowest BCUT2D eigenvalue weighted by molar-refractivity contribution is -0.119. The van der Waals surface area contributed by atoms with E-state index in [1.54, 1.807) is 17.5 Å². The molecule has 0 aliphatic heterocycles. The minimum atomic E-state index is -0.441. The van der Waals surface area contributed by atoms with E-state index in [1.807, 2.05) is 0 Å². The van der Waals surface area contributed by atoms with Gasteiger partial charge in [0, 0.05) is 22.9 Å². The number of methoxy groups -OCH3 is 1. The molecule has 1 aliphatic carbocycles. The summed E-state index contributed by atoms with van der Waals surface area (Å²) in [5.74, 6) is -0.339. The third-order valence-corrected chi connectivity index (χ3v) is 4.78. The van der Waals surface area contributed by atoms with Gasteiger partial charge in [0.2, 0.25) is 5.91 Å². The van der Waals surface area contributed by atoms with Gasteiger partial charge < -0.3 is 15.8 Å². The summed E-state index contributed by atoms with van der Waals surface area (Å²) in [5.41, 5.74) is 7.10. The van der Waals surface area contributed by atoms with Gasteiger partial charge in [0.15, 0.2) is 16.7 Å². The van der Waals surface area contributed by atoms with E-state index in [0.717, 1.165) is 12.8 Å². The Morgan fingerprint density at radius 2 is 2.30 bits per heavy atom. The Morgan fingerprint density at radius 1 is 1.48 bits per heavy atom. The van der Waals surface area contributed by atoms with E-state index in [1.165, 1.54) is 24.5 Å². The van der Waals surface area contributed by atoms with Gasteiger partial charge in [-0.05, 0) is 37.5 Å². The number of hydrogen-bond acceptors (Lipinski definition) is 5. The molecule has 2 unspecified atom stereocenters. The van der Waals surface area contributed by atoms with E-state index in [4.69, 9.17) is 10.5 Å². The van der Waals surface area contributed by atoms with Gasteiger partial charge in [-0.15, -0.1) is 11.3 Å². The lowest BCUT2D eigenvalue weighted by atomic mass is 10.1. The molecule has 1 aliphatic rings. The minimum absolute atomic E-state index is 0.0419. The van der Waals surface area contributed by atoms with Crippen molar-refractivity contribution in [3.05, 3.63) is 29.4 Å². The van der Waals surface area contributed by atoms with Crippen molar-refractivity contribution in [1.82, 2.24) is 4.98 Å². The molecule has 1 fully saturated rings. The average molecular weight is 335 g/mol. The minimum Gasteiger partial charge on any atom is -0.494 e. The zero-order valence-corrected chi connectivity index (χ0v) is 13.5. The molecule has 1 amide bonds. The average Bonchev–Trinajstić information content (AvgIpc) is 3.16. The smallest absolute Gasteiger partial charge is 0.229 e. The number of anilines is 1. The van der Waals surface area contributed by atoms with Gasteiger partial charge >= 0.3 is 0 Å². The largest absolute Gasteiger partial charge is 0.494 e. The highest BCUT2D eigenvalue weighted by Crippen LogP contribution is 2.30. The van der Waals surface area contributed by atoms with Gasteiger partial charge in [-0.2, -0.15) is 0 Å². The number of ether oxygens (including phenoxy) is 1. The quantitative estimate of drug-likeness (QED) is 0.900. The summed E-state index contributed by atoms with van der Waals surface area (Å²) in [5, 5.41) is 5.13. The maximum Gasteiger partial charge on any atom is 0.229 e. The predicted molar refractivity (Wildman–Crippen MR) is 88.0 cm³/mol. The van der Waals surface area contributed by atoms with Gasteiger partial charge in [0.1, 0.15) is 0 Å². The van der Waals surface area contributed by atoms with Crippen LogP contribution in [0.2, 0.25) is 0 Å². The summed E-state index contributed by atoms with van der Waals surface area (Å²) in [6.07, 6.45) is 2.41. The van der Waals surface area contributed by atoms with Crippen LogP contribution in [-0.2, 0) is 4.79 Å². The summed E-state index contributed by atoms with van der Waals surface area (Å²) < 4.78 is 18.7. The van der Waals surface area contributed by atoms with Gasteiger partial charge in [0.25, 0.3) is 0 Å². The first kappa shape index (κ1) is 15.9. The Balaban J connectivity index is 1.70. The first-order valence-corrected chi connectivity index (χ1v) is 8.30. The fourth-order valence-corrected chi connectivity index (χ4v) is 3.47. The summed E-state index contributed by atoms with van der Waals surface area (Å²) in [6.45, 7) is 0. The van der Waals surface area contributed by atoms with Crippen molar-refractivity contribution in [2.45, 2.75) is 25.3 Å². The van der Waals surface area contributed by atoms with Gasteiger partial charge in [-0.25, -0.2) is 9.37 Å². The molecular formula is C16H18FN3O2S. The number of amides is 1. The number of thiazole rings is 1. The maximum atomic E-state index is 13.8. The van der Waals surface area contributed by atoms with Crippen molar-refractivity contribution in [3.8, 4) is 17.0 Å². The predicted octanol–water partition coefficient (Wildman–Crippen LogP) is 3.02. The van der Waals surface area contributed by atoms with Crippen molar-refractivity contribution in [2.75, 3.05) is 12.4 Å². The molecule has 5 nitrogen and oxygen atoms in total. The molecule has 3 rings (SSSR count). The maximum absolute atomic E-state index is 13.8. The molecule has 1 heterocycles. The first-order valence-electron chi connectivity index (χ1n) is 7.42. The molecule has 0 spiro atoms. The second kappa shape index (κ2) is 6.64. The molecule has 2 atom stereocenters. The van der Waals surface area contributed by atoms with E-state index in [2.05, 4.69) is 10.3 Å². The summed E-state index contributed by atoms with van der Waals surface area (Å²) in [7, 11) is 1.42. The second-order valence-electron chi connectivity index (χ2n) is 5.65. The Labute approximate surface area is 137 Å². The van der Waals surface area contributed by atoms with Crippen LogP contribution in [0.4, 0.5) is 9.52 Å². The lowest BCUT2D eigenvalue weighted by Crippen LogP contribution is -2.23. The number of nitrogens with one attached hydrogen (secondary N) is 1. The molecule has 122 valence electrons. The number of nitrogens with zero attached hydrogens (tertiary/aromatic N) is 1. The number of aromatic nitrogens is 1. The number of hydrogen-bond donors (Lipinski definition) is 2. The van der Waals surface area contributed by atoms with Crippen LogP contribution < -0.4 is 15.8 Å². The third-order valence-electron chi connectivity index (χ3n) is 4.03. The Hall–Kier alpha value is -1.99. The molecule has 1 saturated carbocycles. The molecule has 3 N–H and O–H groups in total. The lowest BCUT2D eigenvalue weighted by Gasteiger charge is -2.08. The number of halogens is 1. The van der Waals surface area contributed by atoms with Crippen LogP contribution in [0.25, 0.3) is 11.3 Å². The van der Waals surface area contributed by atoms with Crippen LogP contribution >= 0.6 is 11.3 Å². The van der Waals surface area contributed by atoms with E-state index < -0.39 is 5.82 Å². The topological polar surface area (TPSA) is 77.2 Å². The zero-order valence-electron chi connectivity index (χ0n) is 12.7. The SMILES string of the molecule is COc1ccc(-c2csc(NC(=O)C3CCC(N)C3)n2)cc1F. The fraction of sp³-hybridized carbons (Fsp3) is 0.375. The third kappa shape index (κ3) is 3.51. The molecule has 0 saturated heterocycles. The van der Waals surface area contributed by atoms with Gasteiger partial charge in [0.05, 0.1) is 12.8 Å². The monoisotopic (exact) mass is 335 g/mol. The second-order valence-corrected chi connectivity index (χ2v) is 6.50. The van der Waals surface area contributed by atoms with E-state index in [9.17, 15) is 9.18 Å².